The second kappa shape index (κ2) is 6.17. The van der Waals surface area contributed by atoms with Crippen molar-refractivity contribution in [1.82, 2.24) is 4.57 Å². The van der Waals surface area contributed by atoms with Crippen LogP contribution in [-0.2, 0) is 11.6 Å². The summed E-state index contributed by atoms with van der Waals surface area (Å²) >= 11 is 0. The van der Waals surface area contributed by atoms with E-state index in [0.29, 0.717) is 6.04 Å². The highest BCUT2D eigenvalue weighted by Crippen LogP contribution is 2.41. The largest absolute Gasteiger partial charge is 0.305 e. The van der Waals surface area contributed by atoms with Gasteiger partial charge in [-0.15, -0.1) is 0 Å². The van der Waals surface area contributed by atoms with Crippen LogP contribution in [-0.4, -0.2) is 4.57 Å². The van der Waals surface area contributed by atoms with E-state index in [4.69, 9.17) is 0 Å². The fourth-order valence-corrected chi connectivity index (χ4v) is 5.60. The van der Waals surface area contributed by atoms with Crippen molar-refractivity contribution in [2.75, 3.05) is 0 Å². The molecule has 1 heterocycles. The smallest absolute Gasteiger partial charge is 0.244 e. The Labute approximate surface area is 137 Å². The lowest BCUT2D eigenvalue weighted by Crippen LogP contribution is -2.35. The van der Waals surface area contributed by atoms with Gasteiger partial charge in [0, 0.05) is 10.6 Å². The highest BCUT2D eigenvalue weighted by Gasteiger charge is 2.36. The average molecular weight is 325 g/mol. The Balaban J connectivity index is 2.28. The van der Waals surface area contributed by atoms with Crippen LogP contribution in [0, 0.1) is 0 Å². The molecule has 0 spiro atoms. The molecule has 1 aromatic heterocycles. The molecule has 0 saturated carbocycles. The Kier molecular flexibility index (Phi) is 4.23. The summed E-state index contributed by atoms with van der Waals surface area (Å²) in [6.45, 7) is 4.25. The monoisotopic (exact) mass is 325 g/mol. The Morgan fingerprint density at radius 1 is 0.913 bits per heavy atom. The van der Waals surface area contributed by atoms with Gasteiger partial charge >= 0.3 is 0 Å². The molecule has 3 aromatic rings. The lowest BCUT2D eigenvalue weighted by Gasteiger charge is -2.16. The molecule has 0 aliphatic heterocycles. The third kappa shape index (κ3) is 2.77. The molecule has 0 radical (unpaired) electrons. The van der Waals surface area contributed by atoms with E-state index in [1.54, 1.807) is 0 Å². The van der Waals surface area contributed by atoms with Crippen LogP contribution in [0.4, 0.5) is 0 Å². The Morgan fingerprint density at radius 3 is 1.78 bits per heavy atom. The number of aromatic nitrogens is 2. The van der Waals surface area contributed by atoms with Crippen LogP contribution in [0.15, 0.2) is 73.2 Å². The van der Waals surface area contributed by atoms with Gasteiger partial charge in [-0.3, -0.25) is 0 Å². The third-order valence-electron chi connectivity index (χ3n) is 4.09. The summed E-state index contributed by atoms with van der Waals surface area (Å²) in [5.74, 6) is 0. The Hall–Kier alpha value is -2.12. The second-order valence-electron chi connectivity index (χ2n) is 6.04. The zero-order valence-corrected chi connectivity index (χ0v) is 14.6. The summed E-state index contributed by atoms with van der Waals surface area (Å²) in [5.41, 5.74) is 0.851. The second-order valence-corrected chi connectivity index (χ2v) is 8.74. The minimum atomic E-state index is -2.89. The summed E-state index contributed by atoms with van der Waals surface area (Å²) in [4.78, 5) is 0. The first-order valence-corrected chi connectivity index (χ1v) is 9.53. The zero-order chi connectivity index (χ0) is 16.4. The first-order valence-electron chi connectivity index (χ1n) is 7.82. The molecule has 3 rings (SSSR count). The maximum absolute atomic E-state index is 14.2. The van der Waals surface area contributed by atoms with Crippen LogP contribution in [0.3, 0.4) is 0 Å². The molecule has 4 heteroatoms. The lowest BCUT2D eigenvalue weighted by atomic mass is 10.4. The predicted octanol–water partition coefficient (Wildman–Crippen LogP) is 2.53. The summed E-state index contributed by atoms with van der Waals surface area (Å²) in [5, 5.41) is 1.73. The van der Waals surface area contributed by atoms with E-state index in [0.717, 1.165) is 16.0 Å². The van der Waals surface area contributed by atoms with Crippen molar-refractivity contribution in [2.24, 2.45) is 7.05 Å². The minimum absolute atomic E-state index is 0.329. The van der Waals surface area contributed by atoms with Gasteiger partial charge in [-0.2, -0.15) is 0 Å². The van der Waals surface area contributed by atoms with Crippen LogP contribution in [0.1, 0.15) is 19.9 Å². The molecule has 118 valence electrons. The van der Waals surface area contributed by atoms with Gasteiger partial charge < -0.3 is 4.57 Å². The number of hydrogen-bond acceptors (Lipinski definition) is 1. The number of hydrogen-bond donors (Lipinski definition) is 0. The highest BCUT2D eigenvalue weighted by molar-refractivity contribution is 7.85. The van der Waals surface area contributed by atoms with Crippen LogP contribution >= 0.6 is 7.14 Å². The molecule has 3 nitrogen and oxygen atoms in total. The molecule has 0 amide bonds. The van der Waals surface area contributed by atoms with E-state index in [1.807, 2.05) is 84.8 Å². The molecule has 0 aliphatic carbocycles. The van der Waals surface area contributed by atoms with E-state index >= 15 is 0 Å². The van der Waals surface area contributed by atoms with E-state index in [2.05, 4.69) is 18.4 Å². The van der Waals surface area contributed by atoms with Gasteiger partial charge in [0.1, 0.15) is 6.20 Å². The predicted molar refractivity (Wildman–Crippen MR) is 95.4 cm³/mol. The highest BCUT2D eigenvalue weighted by atomic mass is 31.2. The molecule has 0 unspecified atom stereocenters. The lowest BCUT2D eigenvalue weighted by molar-refractivity contribution is -0.715. The van der Waals surface area contributed by atoms with Crippen LogP contribution in [0.25, 0.3) is 0 Å². The topological polar surface area (TPSA) is 25.9 Å². The maximum Gasteiger partial charge on any atom is 0.244 e. The number of benzene rings is 2. The summed E-state index contributed by atoms with van der Waals surface area (Å²) in [6, 6.07) is 19.9. The molecule has 0 bridgehead atoms. The fraction of sp³-hybridized carbons (Fsp3) is 0.211. The molecule has 0 saturated heterocycles. The van der Waals surface area contributed by atoms with E-state index in [9.17, 15) is 4.57 Å². The molecule has 0 atom stereocenters. The van der Waals surface area contributed by atoms with Crippen molar-refractivity contribution in [1.29, 1.82) is 0 Å². The van der Waals surface area contributed by atoms with Crippen molar-refractivity contribution in [3.63, 3.8) is 0 Å². The zero-order valence-electron chi connectivity index (χ0n) is 13.8. The van der Waals surface area contributed by atoms with Crippen LogP contribution < -0.4 is 20.6 Å². The molecule has 23 heavy (non-hydrogen) atoms. The van der Waals surface area contributed by atoms with Gasteiger partial charge in [-0.1, -0.05) is 60.7 Å². The first kappa shape index (κ1) is 15.8. The maximum atomic E-state index is 14.2. The SMILES string of the molecule is CC(C)[n+]1cc(P(=O)(c2ccccc2)c2ccccc2)n(C)c1. The van der Waals surface area contributed by atoms with E-state index in [1.165, 1.54) is 0 Å². The number of aryl methyl sites for hydroxylation is 1. The number of nitrogens with zero attached hydrogens (tertiary/aromatic N) is 2. The summed E-state index contributed by atoms with van der Waals surface area (Å²) in [7, 11) is -0.926. The molecule has 2 aromatic carbocycles. The third-order valence-corrected chi connectivity index (χ3v) is 7.22. The fourth-order valence-electron chi connectivity index (χ4n) is 2.79. The standard InChI is InChI=1S/C19H22N2OP/c1-16(2)21-14-19(20(3)15-21)23(22,17-10-6-4-7-11-17)18-12-8-5-9-13-18/h4-16H,1-3H3/q+1. The van der Waals surface area contributed by atoms with Crippen molar-refractivity contribution >= 4 is 23.2 Å². The van der Waals surface area contributed by atoms with Crippen LogP contribution in [0.2, 0.25) is 0 Å². The van der Waals surface area contributed by atoms with E-state index < -0.39 is 7.14 Å². The minimum Gasteiger partial charge on any atom is -0.305 e. The van der Waals surface area contributed by atoms with Crippen LogP contribution in [0.5, 0.6) is 0 Å². The van der Waals surface area contributed by atoms with Gasteiger partial charge in [0.2, 0.25) is 18.9 Å². The summed E-state index contributed by atoms with van der Waals surface area (Å²) < 4.78 is 18.3. The molecular weight excluding hydrogens is 303 g/mol. The Morgan fingerprint density at radius 2 is 1.39 bits per heavy atom. The van der Waals surface area contributed by atoms with Crippen molar-refractivity contribution in [2.45, 2.75) is 19.9 Å². The first-order chi connectivity index (χ1) is 11.0. The number of imidazole rings is 1. The molecule has 0 aliphatic rings. The summed E-state index contributed by atoms with van der Waals surface area (Å²) in [6.07, 6.45) is 4.03. The van der Waals surface area contributed by atoms with E-state index in [-0.39, 0.29) is 0 Å². The van der Waals surface area contributed by atoms with Crippen molar-refractivity contribution < 1.29 is 9.13 Å². The van der Waals surface area contributed by atoms with Crippen molar-refractivity contribution in [3.8, 4) is 0 Å². The van der Waals surface area contributed by atoms with Gasteiger partial charge in [-0.25, -0.2) is 9.13 Å². The van der Waals surface area contributed by atoms with Gasteiger partial charge in [0.15, 0.2) is 0 Å². The molecule has 0 fully saturated rings. The van der Waals surface area contributed by atoms with Gasteiger partial charge in [-0.05, 0) is 13.8 Å². The normalized spacial score (nSPS) is 11.8. The number of rotatable bonds is 4. The van der Waals surface area contributed by atoms with Crippen molar-refractivity contribution in [3.05, 3.63) is 73.2 Å². The Bertz CT molecular complexity index is 795. The molecule has 0 N–H and O–H groups in total. The molecular formula is C19H22N2OP+. The average Bonchev–Trinajstić information content (AvgIpc) is 2.98. The quantitative estimate of drug-likeness (QED) is 0.535. The van der Waals surface area contributed by atoms with Gasteiger partial charge in [0.25, 0.3) is 0 Å². The van der Waals surface area contributed by atoms with Gasteiger partial charge in [0.05, 0.1) is 13.1 Å².